The van der Waals surface area contributed by atoms with Gasteiger partial charge in [-0.1, -0.05) is 11.6 Å². The van der Waals surface area contributed by atoms with Crippen molar-refractivity contribution in [2.75, 3.05) is 31.2 Å². The summed E-state index contributed by atoms with van der Waals surface area (Å²) >= 11 is 5.98. The number of rotatable bonds is 1. The Bertz CT molecular complexity index is 412. The van der Waals surface area contributed by atoms with Gasteiger partial charge < -0.3 is 9.64 Å². The van der Waals surface area contributed by atoms with E-state index >= 15 is 0 Å². The highest BCUT2D eigenvalue weighted by atomic mass is 35.5. The fourth-order valence-electron chi connectivity index (χ4n) is 1.53. The molecule has 0 unspecified atom stereocenters. The van der Waals surface area contributed by atoms with Crippen molar-refractivity contribution in [1.82, 2.24) is 9.78 Å². The number of aryl methyl sites for hydroxylation is 1. The van der Waals surface area contributed by atoms with Crippen molar-refractivity contribution in [3.05, 3.63) is 21.6 Å². The number of aromatic nitrogens is 2. The van der Waals surface area contributed by atoms with Gasteiger partial charge in [0.25, 0.3) is 5.56 Å². The molecule has 1 saturated heterocycles. The van der Waals surface area contributed by atoms with Crippen LogP contribution in [0, 0.1) is 0 Å². The predicted molar refractivity (Wildman–Crippen MR) is 57.5 cm³/mol. The largest absolute Gasteiger partial charge is 0.378 e. The van der Waals surface area contributed by atoms with Crippen molar-refractivity contribution >= 4 is 17.3 Å². The maximum absolute atomic E-state index is 11.5. The summed E-state index contributed by atoms with van der Waals surface area (Å²) in [5.41, 5.74) is 0.434. The smallest absolute Gasteiger partial charge is 0.287 e. The van der Waals surface area contributed by atoms with Gasteiger partial charge in [-0.15, -0.1) is 0 Å². The fraction of sp³-hybridized carbons (Fsp3) is 0.556. The number of halogens is 1. The molecule has 0 aliphatic carbocycles. The summed E-state index contributed by atoms with van der Waals surface area (Å²) in [5.74, 6) is 0. The molecule has 2 heterocycles. The van der Waals surface area contributed by atoms with E-state index < -0.39 is 0 Å². The molecule has 0 aromatic carbocycles. The molecular weight excluding hydrogens is 218 g/mol. The Balaban J connectivity index is 2.35. The van der Waals surface area contributed by atoms with Gasteiger partial charge in [0.15, 0.2) is 0 Å². The van der Waals surface area contributed by atoms with Crippen LogP contribution in [0.15, 0.2) is 11.0 Å². The lowest BCUT2D eigenvalue weighted by Crippen LogP contribution is -2.37. The van der Waals surface area contributed by atoms with Crippen LogP contribution in [-0.4, -0.2) is 36.1 Å². The molecule has 0 amide bonds. The Morgan fingerprint density at radius 3 is 2.80 bits per heavy atom. The molecular formula is C9H12ClN3O2. The Morgan fingerprint density at radius 1 is 1.47 bits per heavy atom. The van der Waals surface area contributed by atoms with Gasteiger partial charge in [-0.2, -0.15) is 5.10 Å². The molecule has 0 spiro atoms. The predicted octanol–water partition coefficient (Wildman–Crippen LogP) is 0.270. The number of anilines is 1. The number of hydrogen-bond donors (Lipinski definition) is 0. The van der Waals surface area contributed by atoms with Gasteiger partial charge in [0, 0.05) is 20.1 Å². The molecule has 1 aliphatic heterocycles. The lowest BCUT2D eigenvalue weighted by atomic mass is 10.3. The summed E-state index contributed by atoms with van der Waals surface area (Å²) in [7, 11) is 1.58. The SMILES string of the molecule is Cn1ncc(N2CCOCC2)c(Cl)c1=O. The summed E-state index contributed by atoms with van der Waals surface area (Å²) < 4.78 is 6.45. The molecule has 6 heteroatoms. The monoisotopic (exact) mass is 229 g/mol. The Kier molecular flexibility index (Phi) is 2.93. The summed E-state index contributed by atoms with van der Waals surface area (Å²) in [6.45, 7) is 2.81. The molecule has 0 atom stereocenters. The van der Waals surface area contributed by atoms with Crippen LogP contribution < -0.4 is 10.5 Å². The van der Waals surface area contributed by atoms with E-state index in [-0.39, 0.29) is 10.6 Å². The topological polar surface area (TPSA) is 47.4 Å². The first-order valence-electron chi connectivity index (χ1n) is 4.74. The minimum absolute atomic E-state index is 0.231. The molecule has 0 radical (unpaired) electrons. The molecule has 82 valence electrons. The zero-order valence-corrected chi connectivity index (χ0v) is 9.20. The zero-order chi connectivity index (χ0) is 10.8. The van der Waals surface area contributed by atoms with E-state index in [9.17, 15) is 4.79 Å². The van der Waals surface area contributed by atoms with E-state index in [1.54, 1.807) is 13.2 Å². The van der Waals surface area contributed by atoms with Crippen LogP contribution in [0.3, 0.4) is 0 Å². The first-order valence-corrected chi connectivity index (χ1v) is 5.12. The molecule has 15 heavy (non-hydrogen) atoms. The average molecular weight is 230 g/mol. The van der Waals surface area contributed by atoms with Crippen molar-refractivity contribution in [3.63, 3.8) is 0 Å². The second-order valence-corrected chi connectivity index (χ2v) is 3.75. The Hall–Kier alpha value is -1.07. The third-order valence-electron chi connectivity index (χ3n) is 2.41. The number of hydrogen-bond acceptors (Lipinski definition) is 4. The second kappa shape index (κ2) is 4.20. The molecule has 1 fully saturated rings. The van der Waals surface area contributed by atoms with Crippen LogP contribution in [0.5, 0.6) is 0 Å². The average Bonchev–Trinajstić information content (AvgIpc) is 2.27. The molecule has 2 rings (SSSR count). The fourth-order valence-corrected chi connectivity index (χ4v) is 1.82. The molecule has 0 bridgehead atoms. The summed E-state index contributed by atoms with van der Waals surface area (Å²) in [6.07, 6.45) is 1.62. The van der Waals surface area contributed by atoms with Crippen LogP contribution in [0.2, 0.25) is 5.02 Å². The maximum atomic E-state index is 11.5. The molecule has 0 N–H and O–H groups in total. The van der Waals surface area contributed by atoms with Crippen molar-refractivity contribution in [3.8, 4) is 0 Å². The molecule has 1 aromatic rings. The molecule has 0 saturated carbocycles. The third kappa shape index (κ3) is 1.98. The highest BCUT2D eigenvalue weighted by Gasteiger charge is 2.16. The van der Waals surface area contributed by atoms with Crippen molar-refractivity contribution in [1.29, 1.82) is 0 Å². The minimum Gasteiger partial charge on any atom is -0.378 e. The molecule has 1 aromatic heterocycles. The Labute approximate surface area is 92.2 Å². The van der Waals surface area contributed by atoms with Gasteiger partial charge in [-0.3, -0.25) is 4.79 Å². The van der Waals surface area contributed by atoms with Gasteiger partial charge in [0.1, 0.15) is 5.02 Å². The third-order valence-corrected chi connectivity index (χ3v) is 2.77. The minimum atomic E-state index is -0.263. The van der Waals surface area contributed by atoms with E-state index in [1.165, 1.54) is 4.68 Å². The first kappa shape index (κ1) is 10.4. The van der Waals surface area contributed by atoms with Crippen molar-refractivity contribution < 1.29 is 4.74 Å². The highest BCUT2D eigenvalue weighted by molar-refractivity contribution is 6.33. The summed E-state index contributed by atoms with van der Waals surface area (Å²) in [5, 5.41) is 4.18. The van der Waals surface area contributed by atoms with Crippen LogP contribution >= 0.6 is 11.6 Å². The second-order valence-electron chi connectivity index (χ2n) is 3.37. The van der Waals surface area contributed by atoms with Crippen molar-refractivity contribution in [2.45, 2.75) is 0 Å². The van der Waals surface area contributed by atoms with E-state index in [0.29, 0.717) is 18.9 Å². The van der Waals surface area contributed by atoms with E-state index in [0.717, 1.165) is 13.1 Å². The van der Waals surface area contributed by atoms with Gasteiger partial charge in [0.2, 0.25) is 0 Å². The Morgan fingerprint density at radius 2 is 2.13 bits per heavy atom. The zero-order valence-electron chi connectivity index (χ0n) is 8.44. The van der Waals surface area contributed by atoms with Gasteiger partial charge >= 0.3 is 0 Å². The highest BCUT2D eigenvalue weighted by Crippen LogP contribution is 2.21. The normalized spacial score (nSPS) is 16.8. The van der Waals surface area contributed by atoms with Gasteiger partial charge in [-0.25, -0.2) is 4.68 Å². The van der Waals surface area contributed by atoms with E-state index in [4.69, 9.17) is 16.3 Å². The van der Waals surface area contributed by atoms with Gasteiger partial charge in [0.05, 0.1) is 25.1 Å². The number of ether oxygens (including phenoxy) is 1. The van der Waals surface area contributed by atoms with E-state index in [2.05, 4.69) is 5.10 Å². The first-order chi connectivity index (χ1) is 7.20. The van der Waals surface area contributed by atoms with Gasteiger partial charge in [-0.05, 0) is 0 Å². The maximum Gasteiger partial charge on any atom is 0.287 e. The van der Waals surface area contributed by atoms with Crippen LogP contribution in [0.4, 0.5) is 5.69 Å². The number of morpholine rings is 1. The molecule has 1 aliphatic rings. The lowest BCUT2D eigenvalue weighted by molar-refractivity contribution is 0.122. The quantitative estimate of drug-likeness (QED) is 0.694. The summed E-state index contributed by atoms with van der Waals surface area (Å²) in [6, 6.07) is 0. The lowest BCUT2D eigenvalue weighted by Gasteiger charge is -2.28. The van der Waals surface area contributed by atoms with Crippen LogP contribution in [0.1, 0.15) is 0 Å². The van der Waals surface area contributed by atoms with Crippen molar-refractivity contribution in [2.24, 2.45) is 7.05 Å². The standard InChI is InChI=1S/C9H12ClN3O2/c1-12-9(14)8(10)7(6-11-12)13-2-4-15-5-3-13/h6H,2-5H2,1H3. The molecule has 5 nitrogen and oxygen atoms in total. The van der Waals surface area contributed by atoms with Crippen LogP contribution in [0.25, 0.3) is 0 Å². The number of nitrogens with zero attached hydrogens (tertiary/aromatic N) is 3. The van der Waals surface area contributed by atoms with Crippen LogP contribution in [-0.2, 0) is 11.8 Å². The summed E-state index contributed by atoms with van der Waals surface area (Å²) in [4.78, 5) is 13.6. The van der Waals surface area contributed by atoms with E-state index in [1.807, 2.05) is 4.90 Å².